The Labute approximate surface area is 120 Å². The third kappa shape index (κ3) is 3.90. The Morgan fingerprint density at radius 3 is 2.56 bits per heavy atom. The van der Waals surface area contributed by atoms with E-state index >= 15 is 0 Å². The third-order valence-electron chi connectivity index (χ3n) is 5.16. The first-order valence-electron chi connectivity index (χ1n) is 7.61. The maximum atomic E-state index is 5.10. The molecular formula is C16H33NS. The lowest BCUT2D eigenvalue weighted by Gasteiger charge is -2.50. The maximum absolute atomic E-state index is 5.10. The molecule has 1 heterocycles. The molecule has 4 unspecified atom stereocenters. The van der Waals surface area contributed by atoms with Crippen molar-refractivity contribution in [3.63, 3.8) is 0 Å². The van der Waals surface area contributed by atoms with E-state index < -0.39 is 0 Å². The van der Waals surface area contributed by atoms with Gasteiger partial charge in [-0.3, -0.25) is 0 Å². The molecule has 2 heteroatoms. The summed E-state index contributed by atoms with van der Waals surface area (Å²) in [7, 11) is 2.27. The molecule has 1 nitrogen and oxygen atoms in total. The van der Waals surface area contributed by atoms with Crippen LogP contribution in [0.2, 0.25) is 0 Å². The average Bonchev–Trinajstić information content (AvgIpc) is 2.24. The van der Waals surface area contributed by atoms with Gasteiger partial charge in [0.1, 0.15) is 0 Å². The van der Waals surface area contributed by atoms with E-state index in [1.165, 1.54) is 38.8 Å². The van der Waals surface area contributed by atoms with Crippen molar-refractivity contribution < 1.29 is 0 Å². The van der Waals surface area contributed by atoms with Crippen molar-refractivity contribution in [2.24, 2.45) is 17.3 Å². The highest BCUT2D eigenvalue weighted by Gasteiger charge is 2.44. The molecule has 0 amide bonds. The molecule has 0 N–H and O–H groups in total. The van der Waals surface area contributed by atoms with Gasteiger partial charge in [-0.25, -0.2) is 0 Å². The van der Waals surface area contributed by atoms with Gasteiger partial charge in [0, 0.05) is 11.3 Å². The molecule has 0 spiro atoms. The molecule has 0 aliphatic carbocycles. The number of thiol groups is 1. The zero-order valence-electron chi connectivity index (χ0n) is 13.3. The van der Waals surface area contributed by atoms with E-state index in [-0.39, 0.29) is 4.75 Å². The predicted octanol–water partition coefficient (Wildman–Crippen LogP) is 4.48. The second-order valence-corrected chi connectivity index (χ2v) is 8.37. The number of hydrogen-bond donors (Lipinski definition) is 1. The Balaban J connectivity index is 2.92. The monoisotopic (exact) mass is 271 g/mol. The van der Waals surface area contributed by atoms with Gasteiger partial charge >= 0.3 is 0 Å². The molecule has 0 aromatic heterocycles. The fraction of sp³-hybridized carbons (Fsp3) is 1.00. The molecule has 0 aromatic rings. The molecule has 0 bridgehead atoms. The minimum absolute atomic E-state index is 0.143. The summed E-state index contributed by atoms with van der Waals surface area (Å²) in [6, 6.07) is 0. The van der Waals surface area contributed by atoms with Gasteiger partial charge in [0.2, 0.25) is 0 Å². The van der Waals surface area contributed by atoms with Crippen LogP contribution in [0.25, 0.3) is 0 Å². The highest BCUT2D eigenvalue weighted by Crippen LogP contribution is 2.47. The van der Waals surface area contributed by atoms with Gasteiger partial charge in [-0.1, -0.05) is 41.0 Å². The Kier molecular flexibility index (Phi) is 5.61. The van der Waals surface area contributed by atoms with Crippen LogP contribution in [0.1, 0.15) is 60.3 Å². The Morgan fingerprint density at radius 2 is 2.00 bits per heavy atom. The third-order valence-corrected chi connectivity index (χ3v) is 5.89. The molecule has 1 rings (SSSR count). The summed E-state index contributed by atoms with van der Waals surface area (Å²) < 4.78 is 0.143. The molecule has 4 atom stereocenters. The van der Waals surface area contributed by atoms with Crippen molar-refractivity contribution in [2.75, 3.05) is 20.1 Å². The van der Waals surface area contributed by atoms with E-state index in [0.29, 0.717) is 5.41 Å². The fourth-order valence-electron chi connectivity index (χ4n) is 3.51. The fourth-order valence-corrected chi connectivity index (χ4v) is 3.98. The quantitative estimate of drug-likeness (QED) is 0.741. The molecule has 1 saturated heterocycles. The van der Waals surface area contributed by atoms with Gasteiger partial charge in [0.15, 0.2) is 0 Å². The first-order valence-corrected chi connectivity index (χ1v) is 8.06. The minimum atomic E-state index is 0.143. The highest BCUT2D eigenvalue weighted by molar-refractivity contribution is 7.81. The summed E-state index contributed by atoms with van der Waals surface area (Å²) in [5.74, 6) is 1.58. The van der Waals surface area contributed by atoms with Crippen molar-refractivity contribution in [3.05, 3.63) is 0 Å². The van der Waals surface area contributed by atoms with Crippen LogP contribution in [0.4, 0.5) is 0 Å². The van der Waals surface area contributed by atoms with Crippen molar-refractivity contribution in [2.45, 2.75) is 65.0 Å². The molecule has 1 aliphatic rings. The Hall–Kier alpha value is 0.310. The lowest BCUT2D eigenvalue weighted by atomic mass is 9.67. The summed E-state index contributed by atoms with van der Waals surface area (Å²) in [4.78, 5) is 2.52. The zero-order valence-corrected chi connectivity index (χ0v) is 14.2. The van der Waals surface area contributed by atoms with Gasteiger partial charge < -0.3 is 4.90 Å². The predicted molar refractivity (Wildman–Crippen MR) is 85.5 cm³/mol. The van der Waals surface area contributed by atoms with E-state index in [9.17, 15) is 0 Å². The van der Waals surface area contributed by atoms with Crippen molar-refractivity contribution in [1.82, 2.24) is 4.90 Å². The standard InChI is InChI=1S/C16H33NS/c1-7-13(2)10-15(4)12-17(6)9-8-14(3)11-16(15,5)18/h13-14,18H,7-12H2,1-6H3. The lowest BCUT2D eigenvalue weighted by molar-refractivity contribution is 0.0815. The summed E-state index contributed by atoms with van der Waals surface area (Å²) in [6.07, 6.45) is 5.13. The summed E-state index contributed by atoms with van der Waals surface area (Å²) in [5.41, 5.74) is 0.314. The molecule has 0 aromatic carbocycles. The largest absolute Gasteiger partial charge is 0.306 e. The first-order chi connectivity index (χ1) is 8.20. The topological polar surface area (TPSA) is 3.24 Å². The van der Waals surface area contributed by atoms with Gasteiger partial charge in [-0.15, -0.1) is 0 Å². The van der Waals surface area contributed by atoms with Gasteiger partial charge in [-0.05, 0) is 50.1 Å². The SMILES string of the molecule is CCC(C)CC1(C)CN(C)CCC(C)CC1(C)S. The molecule has 108 valence electrons. The van der Waals surface area contributed by atoms with Crippen LogP contribution >= 0.6 is 12.6 Å². The van der Waals surface area contributed by atoms with Crippen LogP contribution in [0.5, 0.6) is 0 Å². The van der Waals surface area contributed by atoms with Crippen LogP contribution in [-0.2, 0) is 0 Å². The van der Waals surface area contributed by atoms with Crippen molar-refractivity contribution in [1.29, 1.82) is 0 Å². The van der Waals surface area contributed by atoms with Crippen molar-refractivity contribution >= 4 is 12.6 Å². The first kappa shape index (κ1) is 16.4. The highest BCUT2D eigenvalue weighted by atomic mass is 32.1. The maximum Gasteiger partial charge on any atom is 0.0170 e. The molecule has 1 fully saturated rings. The molecule has 18 heavy (non-hydrogen) atoms. The summed E-state index contributed by atoms with van der Waals surface area (Å²) in [5, 5.41) is 0. The molecular weight excluding hydrogens is 238 g/mol. The van der Waals surface area contributed by atoms with E-state index in [1.807, 2.05) is 0 Å². The van der Waals surface area contributed by atoms with Crippen LogP contribution < -0.4 is 0 Å². The molecule has 1 aliphatic heterocycles. The van der Waals surface area contributed by atoms with Gasteiger partial charge in [0.05, 0.1) is 0 Å². The summed E-state index contributed by atoms with van der Waals surface area (Å²) in [6.45, 7) is 14.3. The number of rotatable bonds is 3. The van der Waals surface area contributed by atoms with E-state index in [4.69, 9.17) is 12.6 Å². The number of nitrogens with zero attached hydrogens (tertiary/aromatic N) is 1. The van der Waals surface area contributed by atoms with Crippen molar-refractivity contribution in [3.8, 4) is 0 Å². The molecule has 0 radical (unpaired) electrons. The van der Waals surface area contributed by atoms with Gasteiger partial charge in [-0.2, -0.15) is 12.6 Å². The van der Waals surface area contributed by atoms with Crippen LogP contribution in [0.15, 0.2) is 0 Å². The van der Waals surface area contributed by atoms with Crippen LogP contribution in [0, 0.1) is 17.3 Å². The number of hydrogen-bond acceptors (Lipinski definition) is 2. The molecule has 0 saturated carbocycles. The zero-order chi connectivity index (χ0) is 14.0. The average molecular weight is 272 g/mol. The normalized spacial score (nSPS) is 41.2. The van der Waals surface area contributed by atoms with Gasteiger partial charge in [0.25, 0.3) is 0 Å². The Bertz CT molecular complexity index is 260. The number of likely N-dealkylation sites (tertiary alicyclic amines) is 1. The van der Waals surface area contributed by atoms with Crippen LogP contribution in [-0.4, -0.2) is 29.8 Å². The summed E-state index contributed by atoms with van der Waals surface area (Å²) >= 11 is 5.10. The second kappa shape index (κ2) is 6.17. The van der Waals surface area contributed by atoms with Crippen LogP contribution in [0.3, 0.4) is 0 Å². The van der Waals surface area contributed by atoms with E-state index in [2.05, 4.69) is 46.6 Å². The smallest absolute Gasteiger partial charge is 0.0170 e. The second-order valence-electron chi connectivity index (χ2n) is 7.39. The van der Waals surface area contributed by atoms with E-state index in [1.54, 1.807) is 0 Å². The minimum Gasteiger partial charge on any atom is -0.306 e. The Morgan fingerprint density at radius 1 is 1.39 bits per heavy atom. The lowest BCUT2D eigenvalue weighted by Crippen LogP contribution is -2.50. The van der Waals surface area contributed by atoms with E-state index in [0.717, 1.165) is 11.8 Å².